The number of benzene rings is 1. The lowest BCUT2D eigenvalue weighted by atomic mass is 10.1. The average Bonchev–Trinajstić information content (AvgIpc) is 2.91. The molecule has 2 rings (SSSR count). The zero-order valence-electron chi connectivity index (χ0n) is 11.5. The number of nitrogens with zero attached hydrogens (tertiary/aromatic N) is 1. The predicted octanol–water partition coefficient (Wildman–Crippen LogP) is 3.69. The first-order chi connectivity index (χ1) is 9.11. The number of amides is 1. The average molecular weight is 254 g/mol. The predicted molar refractivity (Wildman–Crippen MR) is 78.6 cm³/mol. The molecule has 0 unspecified atom stereocenters. The molecule has 0 radical (unpaired) electrons. The molecule has 0 aliphatic carbocycles. The van der Waals surface area contributed by atoms with Crippen molar-refractivity contribution in [2.24, 2.45) is 0 Å². The van der Waals surface area contributed by atoms with Crippen LogP contribution in [-0.2, 0) is 4.79 Å². The van der Waals surface area contributed by atoms with Gasteiger partial charge in [-0.2, -0.15) is 0 Å². The van der Waals surface area contributed by atoms with Crippen LogP contribution in [0.1, 0.15) is 19.4 Å². The lowest BCUT2D eigenvalue weighted by Gasteiger charge is -2.13. The SMILES string of the molecule is C/C=C(\C)C(=O)Nc1cc(C)ccc1-n1cccc1. The number of nitrogens with one attached hydrogen (secondary N) is 1. The third kappa shape index (κ3) is 2.94. The molecule has 98 valence electrons. The van der Waals surface area contributed by atoms with E-state index in [1.165, 1.54) is 0 Å². The Morgan fingerprint density at radius 1 is 1.26 bits per heavy atom. The van der Waals surface area contributed by atoms with Crippen LogP contribution in [0.25, 0.3) is 5.69 Å². The van der Waals surface area contributed by atoms with Gasteiger partial charge in [-0.05, 0) is 50.6 Å². The van der Waals surface area contributed by atoms with E-state index in [-0.39, 0.29) is 5.91 Å². The van der Waals surface area contributed by atoms with Crippen molar-refractivity contribution in [1.82, 2.24) is 4.57 Å². The van der Waals surface area contributed by atoms with Crippen LogP contribution in [-0.4, -0.2) is 10.5 Å². The maximum Gasteiger partial charge on any atom is 0.251 e. The number of carbonyl (C=O) groups is 1. The number of hydrogen-bond acceptors (Lipinski definition) is 1. The zero-order chi connectivity index (χ0) is 13.8. The Bertz CT molecular complexity index is 610. The minimum Gasteiger partial charge on any atom is -0.322 e. The highest BCUT2D eigenvalue weighted by atomic mass is 16.1. The number of aryl methyl sites for hydroxylation is 1. The molecule has 0 fully saturated rings. The van der Waals surface area contributed by atoms with Gasteiger partial charge in [0.2, 0.25) is 0 Å². The smallest absolute Gasteiger partial charge is 0.251 e. The maximum atomic E-state index is 12.0. The highest BCUT2D eigenvalue weighted by molar-refractivity contribution is 6.04. The van der Waals surface area contributed by atoms with E-state index in [0.717, 1.165) is 16.9 Å². The molecule has 1 N–H and O–H groups in total. The third-order valence-electron chi connectivity index (χ3n) is 3.07. The van der Waals surface area contributed by atoms with Crippen molar-refractivity contribution in [2.75, 3.05) is 5.32 Å². The van der Waals surface area contributed by atoms with Crippen molar-refractivity contribution < 1.29 is 4.79 Å². The van der Waals surface area contributed by atoms with Gasteiger partial charge in [-0.1, -0.05) is 12.1 Å². The molecule has 0 spiro atoms. The fourth-order valence-electron chi connectivity index (χ4n) is 1.82. The van der Waals surface area contributed by atoms with Gasteiger partial charge < -0.3 is 9.88 Å². The molecule has 0 saturated carbocycles. The number of aromatic nitrogens is 1. The van der Waals surface area contributed by atoms with Crippen LogP contribution in [0.3, 0.4) is 0 Å². The molecule has 0 saturated heterocycles. The lowest BCUT2D eigenvalue weighted by Crippen LogP contribution is -2.14. The summed E-state index contributed by atoms with van der Waals surface area (Å²) >= 11 is 0. The van der Waals surface area contributed by atoms with E-state index < -0.39 is 0 Å². The van der Waals surface area contributed by atoms with Crippen molar-refractivity contribution in [3.63, 3.8) is 0 Å². The van der Waals surface area contributed by atoms with Gasteiger partial charge >= 0.3 is 0 Å². The van der Waals surface area contributed by atoms with E-state index in [1.807, 2.05) is 61.1 Å². The van der Waals surface area contributed by atoms with E-state index in [4.69, 9.17) is 0 Å². The largest absolute Gasteiger partial charge is 0.322 e. The van der Waals surface area contributed by atoms with Crippen LogP contribution in [0, 0.1) is 6.92 Å². The van der Waals surface area contributed by atoms with Gasteiger partial charge in [0.05, 0.1) is 11.4 Å². The molecule has 19 heavy (non-hydrogen) atoms. The summed E-state index contributed by atoms with van der Waals surface area (Å²) < 4.78 is 1.99. The summed E-state index contributed by atoms with van der Waals surface area (Å²) in [6, 6.07) is 9.95. The molecule has 1 aromatic heterocycles. The minimum atomic E-state index is -0.0680. The Labute approximate surface area is 113 Å². The lowest BCUT2D eigenvalue weighted by molar-refractivity contribution is -0.112. The Kier molecular flexibility index (Phi) is 3.85. The fourth-order valence-corrected chi connectivity index (χ4v) is 1.82. The first-order valence-electron chi connectivity index (χ1n) is 6.30. The van der Waals surface area contributed by atoms with Crippen molar-refractivity contribution in [3.8, 4) is 5.69 Å². The Morgan fingerprint density at radius 3 is 2.58 bits per heavy atom. The molecular formula is C16H18N2O. The van der Waals surface area contributed by atoms with Crippen LogP contribution >= 0.6 is 0 Å². The van der Waals surface area contributed by atoms with E-state index in [9.17, 15) is 4.79 Å². The number of carbonyl (C=O) groups excluding carboxylic acids is 1. The van der Waals surface area contributed by atoms with Crippen LogP contribution in [0.5, 0.6) is 0 Å². The topological polar surface area (TPSA) is 34.0 Å². The first-order valence-corrected chi connectivity index (χ1v) is 6.30. The number of rotatable bonds is 3. The Morgan fingerprint density at radius 2 is 1.95 bits per heavy atom. The maximum absolute atomic E-state index is 12.0. The van der Waals surface area contributed by atoms with Crippen molar-refractivity contribution in [1.29, 1.82) is 0 Å². The van der Waals surface area contributed by atoms with Gasteiger partial charge in [0.25, 0.3) is 5.91 Å². The first kappa shape index (κ1) is 13.1. The zero-order valence-corrected chi connectivity index (χ0v) is 11.5. The molecule has 1 heterocycles. The number of anilines is 1. The second kappa shape index (κ2) is 5.57. The van der Waals surface area contributed by atoms with E-state index in [2.05, 4.69) is 5.32 Å². The van der Waals surface area contributed by atoms with Crippen LogP contribution in [0.4, 0.5) is 5.69 Å². The standard InChI is InChI=1S/C16H18N2O/c1-4-13(3)16(19)17-14-11-12(2)7-8-15(14)18-9-5-6-10-18/h4-11H,1-3H3,(H,17,19)/b13-4+. The quantitative estimate of drug-likeness (QED) is 0.833. The highest BCUT2D eigenvalue weighted by Crippen LogP contribution is 2.22. The summed E-state index contributed by atoms with van der Waals surface area (Å²) in [7, 11) is 0. The van der Waals surface area contributed by atoms with Gasteiger partial charge in [0, 0.05) is 18.0 Å². The summed E-state index contributed by atoms with van der Waals surface area (Å²) in [5.74, 6) is -0.0680. The van der Waals surface area contributed by atoms with E-state index in [0.29, 0.717) is 5.57 Å². The summed E-state index contributed by atoms with van der Waals surface area (Å²) in [6.45, 7) is 5.68. The fraction of sp³-hybridized carbons (Fsp3) is 0.188. The van der Waals surface area contributed by atoms with Crippen LogP contribution in [0.15, 0.2) is 54.4 Å². The van der Waals surface area contributed by atoms with Crippen LogP contribution < -0.4 is 5.32 Å². The number of hydrogen-bond donors (Lipinski definition) is 1. The van der Waals surface area contributed by atoms with Crippen molar-refractivity contribution in [2.45, 2.75) is 20.8 Å². The monoisotopic (exact) mass is 254 g/mol. The summed E-state index contributed by atoms with van der Waals surface area (Å²) in [5.41, 5.74) is 3.61. The molecule has 0 aliphatic rings. The molecule has 0 atom stereocenters. The van der Waals surface area contributed by atoms with Gasteiger partial charge in [-0.3, -0.25) is 4.79 Å². The summed E-state index contributed by atoms with van der Waals surface area (Å²) in [4.78, 5) is 12.0. The Balaban J connectivity index is 2.39. The van der Waals surface area contributed by atoms with Crippen molar-refractivity contribution >= 4 is 11.6 Å². The van der Waals surface area contributed by atoms with Gasteiger partial charge in [-0.15, -0.1) is 0 Å². The molecule has 1 aromatic carbocycles. The second-order valence-electron chi connectivity index (χ2n) is 4.54. The van der Waals surface area contributed by atoms with E-state index in [1.54, 1.807) is 13.0 Å². The van der Waals surface area contributed by atoms with Crippen LogP contribution in [0.2, 0.25) is 0 Å². The molecule has 0 bridgehead atoms. The summed E-state index contributed by atoms with van der Waals surface area (Å²) in [6.07, 6.45) is 5.73. The minimum absolute atomic E-state index is 0.0680. The molecular weight excluding hydrogens is 236 g/mol. The van der Waals surface area contributed by atoms with Gasteiger partial charge in [-0.25, -0.2) is 0 Å². The normalized spacial score (nSPS) is 11.4. The summed E-state index contributed by atoms with van der Waals surface area (Å²) in [5, 5.41) is 2.96. The van der Waals surface area contributed by atoms with Crippen molar-refractivity contribution in [3.05, 3.63) is 59.9 Å². The van der Waals surface area contributed by atoms with Gasteiger partial charge in [0.15, 0.2) is 0 Å². The molecule has 3 heteroatoms. The van der Waals surface area contributed by atoms with Gasteiger partial charge in [0.1, 0.15) is 0 Å². The molecule has 2 aromatic rings. The molecule has 1 amide bonds. The molecule has 0 aliphatic heterocycles. The Hall–Kier alpha value is -2.29. The highest BCUT2D eigenvalue weighted by Gasteiger charge is 2.09. The number of allylic oxidation sites excluding steroid dienone is 1. The molecule has 3 nitrogen and oxygen atoms in total. The third-order valence-corrected chi connectivity index (χ3v) is 3.07. The van der Waals surface area contributed by atoms with E-state index >= 15 is 0 Å². The second-order valence-corrected chi connectivity index (χ2v) is 4.54.